The Labute approximate surface area is 117 Å². The van der Waals surface area contributed by atoms with Crippen molar-refractivity contribution in [3.63, 3.8) is 0 Å². The molecule has 0 spiro atoms. The molecule has 2 aromatic carbocycles. The van der Waals surface area contributed by atoms with Crippen LogP contribution in [-0.2, 0) is 6.54 Å². The van der Waals surface area contributed by atoms with Gasteiger partial charge >= 0.3 is 6.61 Å². The molecule has 0 aliphatic heterocycles. The monoisotopic (exact) mass is 277 g/mol. The minimum absolute atomic E-state index is 0.164. The molecule has 0 atom stereocenters. The van der Waals surface area contributed by atoms with Crippen molar-refractivity contribution in [1.82, 2.24) is 0 Å². The van der Waals surface area contributed by atoms with Gasteiger partial charge in [0.1, 0.15) is 5.75 Å². The minimum Gasteiger partial charge on any atom is -0.435 e. The molecule has 0 radical (unpaired) electrons. The molecular formula is C16H17F2NO. The number of rotatable bonds is 5. The third kappa shape index (κ3) is 3.70. The van der Waals surface area contributed by atoms with Gasteiger partial charge in [-0.25, -0.2) is 0 Å². The summed E-state index contributed by atoms with van der Waals surface area (Å²) in [6.45, 7) is 2.08. The van der Waals surface area contributed by atoms with E-state index in [1.54, 1.807) is 12.1 Å². The highest BCUT2D eigenvalue weighted by Crippen LogP contribution is 2.19. The summed E-state index contributed by atoms with van der Waals surface area (Å²) in [7, 11) is 0. The Morgan fingerprint density at radius 3 is 2.40 bits per heavy atom. The molecule has 0 saturated carbocycles. The van der Waals surface area contributed by atoms with Crippen molar-refractivity contribution in [2.75, 3.05) is 5.32 Å². The summed E-state index contributed by atoms with van der Waals surface area (Å²) in [5, 5.41) is 3.27. The van der Waals surface area contributed by atoms with E-state index < -0.39 is 6.61 Å². The second kappa shape index (κ2) is 6.37. The standard InChI is InChI=1S/C16H17F2NO/c1-11-4-3-5-13(12(11)2)10-19-14-6-8-15(9-7-14)20-16(17)18/h3-9,16,19H,10H2,1-2H3. The number of ether oxygens (including phenoxy) is 1. The summed E-state index contributed by atoms with van der Waals surface area (Å²) in [6, 6.07) is 12.7. The van der Waals surface area contributed by atoms with E-state index in [9.17, 15) is 8.78 Å². The van der Waals surface area contributed by atoms with E-state index in [0.717, 1.165) is 5.69 Å². The van der Waals surface area contributed by atoms with Crippen molar-refractivity contribution in [3.8, 4) is 5.75 Å². The van der Waals surface area contributed by atoms with Gasteiger partial charge in [-0.05, 0) is 54.8 Å². The Bertz CT molecular complexity index is 567. The predicted molar refractivity (Wildman–Crippen MR) is 76.3 cm³/mol. The molecule has 0 amide bonds. The van der Waals surface area contributed by atoms with Crippen molar-refractivity contribution in [3.05, 3.63) is 59.2 Å². The van der Waals surface area contributed by atoms with E-state index >= 15 is 0 Å². The maximum atomic E-state index is 12.0. The molecule has 0 aliphatic carbocycles. The quantitative estimate of drug-likeness (QED) is 0.867. The maximum absolute atomic E-state index is 12.0. The first-order valence-electron chi connectivity index (χ1n) is 6.40. The lowest BCUT2D eigenvalue weighted by Gasteiger charge is -2.11. The van der Waals surface area contributed by atoms with Gasteiger partial charge in [0.15, 0.2) is 0 Å². The zero-order valence-corrected chi connectivity index (χ0v) is 11.5. The molecule has 0 bridgehead atoms. The molecule has 2 nitrogen and oxygen atoms in total. The molecular weight excluding hydrogens is 260 g/mol. The fraction of sp³-hybridized carbons (Fsp3) is 0.250. The number of hydrogen-bond acceptors (Lipinski definition) is 2. The van der Waals surface area contributed by atoms with Crippen LogP contribution < -0.4 is 10.1 Å². The summed E-state index contributed by atoms with van der Waals surface area (Å²) >= 11 is 0. The first-order chi connectivity index (χ1) is 9.56. The summed E-state index contributed by atoms with van der Waals surface area (Å²) in [5.74, 6) is 0.164. The van der Waals surface area contributed by atoms with Crippen LogP contribution in [0.2, 0.25) is 0 Å². The smallest absolute Gasteiger partial charge is 0.387 e. The average molecular weight is 277 g/mol. The second-order valence-corrected chi connectivity index (χ2v) is 4.62. The van der Waals surface area contributed by atoms with Gasteiger partial charge in [0.05, 0.1) is 0 Å². The highest BCUT2D eigenvalue weighted by Gasteiger charge is 2.04. The number of nitrogens with one attached hydrogen (secondary N) is 1. The summed E-state index contributed by atoms with van der Waals surface area (Å²) in [4.78, 5) is 0. The first-order valence-corrected chi connectivity index (χ1v) is 6.40. The average Bonchev–Trinajstić information content (AvgIpc) is 2.41. The van der Waals surface area contributed by atoms with E-state index in [2.05, 4.69) is 36.0 Å². The van der Waals surface area contributed by atoms with E-state index in [4.69, 9.17) is 0 Å². The molecule has 2 aromatic rings. The summed E-state index contributed by atoms with van der Waals surface area (Å²) in [6.07, 6.45) is 0. The normalized spacial score (nSPS) is 10.7. The lowest BCUT2D eigenvalue weighted by atomic mass is 10.0. The molecule has 4 heteroatoms. The Hall–Kier alpha value is -2.10. The van der Waals surface area contributed by atoms with Crippen molar-refractivity contribution >= 4 is 5.69 Å². The van der Waals surface area contributed by atoms with Gasteiger partial charge in [0, 0.05) is 12.2 Å². The zero-order chi connectivity index (χ0) is 14.5. The number of alkyl halides is 2. The van der Waals surface area contributed by atoms with E-state index in [1.165, 1.54) is 28.8 Å². The van der Waals surface area contributed by atoms with Gasteiger partial charge < -0.3 is 10.1 Å². The Balaban J connectivity index is 1.99. The lowest BCUT2D eigenvalue weighted by molar-refractivity contribution is -0.0498. The van der Waals surface area contributed by atoms with Crippen LogP contribution in [0, 0.1) is 13.8 Å². The number of halogens is 2. The van der Waals surface area contributed by atoms with Gasteiger partial charge in [0.2, 0.25) is 0 Å². The van der Waals surface area contributed by atoms with Gasteiger partial charge in [-0.2, -0.15) is 8.78 Å². The third-order valence-electron chi connectivity index (χ3n) is 3.28. The summed E-state index contributed by atoms with van der Waals surface area (Å²) < 4.78 is 28.4. The summed E-state index contributed by atoms with van der Waals surface area (Å²) in [5.41, 5.74) is 4.60. The number of aryl methyl sites for hydroxylation is 1. The topological polar surface area (TPSA) is 21.3 Å². The molecule has 20 heavy (non-hydrogen) atoms. The Morgan fingerprint density at radius 1 is 1.05 bits per heavy atom. The Morgan fingerprint density at radius 2 is 1.75 bits per heavy atom. The highest BCUT2D eigenvalue weighted by molar-refractivity contribution is 5.47. The van der Waals surface area contributed by atoms with Crippen LogP contribution in [0.4, 0.5) is 14.5 Å². The van der Waals surface area contributed by atoms with Crippen molar-refractivity contribution in [2.45, 2.75) is 27.0 Å². The van der Waals surface area contributed by atoms with Crippen LogP contribution in [0.5, 0.6) is 5.75 Å². The van der Waals surface area contributed by atoms with E-state index in [1.807, 2.05) is 6.07 Å². The molecule has 1 N–H and O–H groups in total. The highest BCUT2D eigenvalue weighted by atomic mass is 19.3. The molecule has 0 heterocycles. The van der Waals surface area contributed by atoms with Crippen LogP contribution in [0.3, 0.4) is 0 Å². The maximum Gasteiger partial charge on any atom is 0.387 e. The van der Waals surface area contributed by atoms with Crippen LogP contribution in [0.25, 0.3) is 0 Å². The largest absolute Gasteiger partial charge is 0.435 e. The SMILES string of the molecule is Cc1cccc(CNc2ccc(OC(F)F)cc2)c1C. The second-order valence-electron chi connectivity index (χ2n) is 4.62. The van der Waals surface area contributed by atoms with Crippen LogP contribution in [0.15, 0.2) is 42.5 Å². The van der Waals surface area contributed by atoms with Crippen molar-refractivity contribution in [2.24, 2.45) is 0 Å². The van der Waals surface area contributed by atoms with E-state index in [0.29, 0.717) is 6.54 Å². The molecule has 0 saturated heterocycles. The van der Waals surface area contributed by atoms with Crippen molar-refractivity contribution in [1.29, 1.82) is 0 Å². The molecule has 2 rings (SSSR count). The molecule has 0 aromatic heterocycles. The van der Waals surface area contributed by atoms with Gasteiger partial charge in [0.25, 0.3) is 0 Å². The van der Waals surface area contributed by atoms with Crippen LogP contribution in [0.1, 0.15) is 16.7 Å². The fourth-order valence-electron chi connectivity index (χ4n) is 1.95. The number of anilines is 1. The van der Waals surface area contributed by atoms with E-state index in [-0.39, 0.29) is 5.75 Å². The Kier molecular flexibility index (Phi) is 4.56. The van der Waals surface area contributed by atoms with Gasteiger partial charge in [-0.1, -0.05) is 18.2 Å². The molecule has 0 aliphatic rings. The predicted octanol–water partition coefficient (Wildman–Crippen LogP) is 4.52. The zero-order valence-electron chi connectivity index (χ0n) is 11.5. The fourth-order valence-corrected chi connectivity index (χ4v) is 1.95. The molecule has 0 fully saturated rings. The lowest BCUT2D eigenvalue weighted by Crippen LogP contribution is -2.03. The van der Waals surface area contributed by atoms with Crippen molar-refractivity contribution < 1.29 is 13.5 Å². The molecule has 106 valence electrons. The third-order valence-corrected chi connectivity index (χ3v) is 3.28. The van der Waals surface area contributed by atoms with Gasteiger partial charge in [-0.3, -0.25) is 0 Å². The number of hydrogen-bond donors (Lipinski definition) is 1. The minimum atomic E-state index is -2.79. The van der Waals surface area contributed by atoms with Gasteiger partial charge in [-0.15, -0.1) is 0 Å². The van der Waals surface area contributed by atoms with Crippen LogP contribution >= 0.6 is 0 Å². The molecule has 0 unspecified atom stereocenters. The number of benzene rings is 2. The van der Waals surface area contributed by atoms with Crippen LogP contribution in [-0.4, -0.2) is 6.61 Å². The first kappa shape index (κ1) is 14.3.